The zero-order valence-corrected chi connectivity index (χ0v) is 19.8. The number of carbonyl (C=O) groups is 2. The Hall–Kier alpha value is -2.04. The van der Waals surface area contributed by atoms with Crippen molar-refractivity contribution in [2.45, 2.75) is 66.1 Å². The lowest BCUT2D eigenvalue weighted by atomic mass is 10.0. The molecule has 2 unspecified atom stereocenters. The van der Waals surface area contributed by atoms with E-state index < -0.39 is 6.04 Å². The lowest BCUT2D eigenvalue weighted by Gasteiger charge is -2.30. The first-order chi connectivity index (χ1) is 14.1. The standard InChI is InChI=1S/C24H30Cl2N2O2/c1-6-17(4)27-24(30)18(5)28(14-19-7-8-21(25)22(26)12-19)23(29)13-20-10-15(2)9-16(3)11-20/h7-12,17-18H,6,13-14H2,1-5H3,(H,27,30). The average Bonchev–Trinajstić information content (AvgIpc) is 2.67. The van der Waals surface area contributed by atoms with Crippen molar-refractivity contribution in [2.24, 2.45) is 0 Å². The van der Waals surface area contributed by atoms with Crippen molar-refractivity contribution >= 4 is 35.0 Å². The number of hydrogen-bond donors (Lipinski definition) is 1. The Kier molecular flexibility index (Phi) is 8.75. The number of halogens is 2. The highest BCUT2D eigenvalue weighted by Crippen LogP contribution is 2.24. The normalized spacial score (nSPS) is 12.9. The largest absolute Gasteiger partial charge is 0.352 e. The van der Waals surface area contributed by atoms with Crippen LogP contribution in [0.3, 0.4) is 0 Å². The fourth-order valence-electron chi connectivity index (χ4n) is 3.33. The first-order valence-corrected chi connectivity index (χ1v) is 11.0. The molecule has 4 nitrogen and oxygen atoms in total. The van der Waals surface area contributed by atoms with E-state index in [1.54, 1.807) is 24.0 Å². The Morgan fingerprint density at radius 3 is 2.17 bits per heavy atom. The van der Waals surface area contributed by atoms with Crippen molar-refractivity contribution in [1.82, 2.24) is 10.2 Å². The van der Waals surface area contributed by atoms with Gasteiger partial charge in [0, 0.05) is 12.6 Å². The van der Waals surface area contributed by atoms with Gasteiger partial charge in [0.05, 0.1) is 16.5 Å². The van der Waals surface area contributed by atoms with Crippen LogP contribution in [0, 0.1) is 13.8 Å². The molecule has 0 fully saturated rings. The highest BCUT2D eigenvalue weighted by molar-refractivity contribution is 6.42. The molecule has 0 spiro atoms. The van der Waals surface area contributed by atoms with Gasteiger partial charge in [0.2, 0.25) is 11.8 Å². The summed E-state index contributed by atoms with van der Waals surface area (Å²) >= 11 is 12.2. The molecule has 2 aromatic carbocycles. The third kappa shape index (κ3) is 6.75. The molecule has 1 N–H and O–H groups in total. The summed E-state index contributed by atoms with van der Waals surface area (Å²) in [5.41, 5.74) is 3.97. The van der Waals surface area contributed by atoms with Crippen LogP contribution in [0.5, 0.6) is 0 Å². The second kappa shape index (κ2) is 10.8. The molecule has 0 heterocycles. The van der Waals surface area contributed by atoms with Crippen LogP contribution in [0.2, 0.25) is 10.0 Å². The molecule has 0 saturated carbocycles. The van der Waals surface area contributed by atoms with Crippen LogP contribution < -0.4 is 5.32 Å². The van der Waals surface area contributed by atoms with E-state index >= 15 is 0 Å². The maximum Gasteiger partial charge on any atom is 0.242 e. The van der Waals surface area contributed by atoms with Crippen molar-refractivity contribution in [3.8, 4) is 0 Å². The van der Waals surface area contributed by atoms with Gasteiger partial charge in [-0.1, -0.05) is 65.5 Å². The summed E-state index contributed by atoms with van der Waals surface area (Å²) in [6, 6.07) is 10.8. The van der Waals surface area contributed by atoms with E-state index in [4.69, 9.17) is 23.2 Å². The third-order valence-electron chi connectivity index (χ3n) is 5.14. The maximum atomic E-state index is 13.3. The lowest BCUT2D eigenvalue weighted by Crippen LogP contribution is -2.49. The minimum atomic E-state index is -0.619. The van der Waals surface area contributed by atoms with Crippen LogP contribution in [-0.2, 0) is 22.6 Å². The molecule has 0 aliphatic rings. The van der Waals surface area contributed by atoms with Gasteiger partial charge in [0.25, 0.3) is 0 Å². The van der Waals surface area contributed by atoms with E-state index in [0.717, 1.165) is 28.7 Å². The lowest BCUT2D eigenvalue weighted by molar-refractivity contribution is -0.140. The summed E-state index contributed by atoms with van der Waals surface area (Å²) in [7, 11) is 0. The first-order valence-electron chi connectivity index (χ1n) is 10.2. The van der Waals surface area contributed by atoms with Crippen LogP contribution in [-0.4, -0.2) is 28.8 Å². The molecule has 2 aromatic rings. The van der Waals surface area contributed by atoms with Crippen molar-refractivity contribution < 1.29 is 9.59 Å². The van der Waals surface area contributed by atoms with Gasteiger partial charge < -0.3 is 10.2 Å². The smallest absolute Gasteiger partial charge is 0.242 e. The zero-order valence-electron chi connectivity index (χ0n) is 18.3. The number of carbonyl (C=O) groups excluding carboxylic acids is 2. The highest BCUT2D eigenvalue weighted by atomic mass is 35.5. The minimum absolute atomic E-state index is 0.0429. The van der Waals surface area contributed by atoms with E-state index in [1.807, 2.05) is 45.9 Å². The number of rotatable bonds is 8. The van der Waals surface area contributed by atoms with Gasteiger partial charge in [-0.05, 0) is 57.4 Å². The molecule has 0 saturated heterocycles. The Bertz CT molecular complexity index is 894. The number of benzene rings is 2. The molecule has 2 rings (SSSR count). The van der Waals surface area contributed by atoms with Crippen LogP contribution in [0.1, 0.15) is 49.4 Å². The van der Waals surface area contributed by atoms with Gasteiger partial charge in [-0.15, -0.1) is 0 Å². The molecule has 0 aromatic heterocycles. The summed E-state index contributed by atoms with van der Waals surface area (Å²) in [6.45, 7) is 10.0. The minimum Gasteiger partial charge on any atom is -0.352 e. The van der Waals surface area contributed by atoms with E-state index in [2.05, 4.69) is 11.4 Å². The Morgan fingerprint density at radius 2 is 1.60 bits per heavy atom. The molecule has 2 amide bonds. The van der Waals surface area contributed by atoms with E-state index in [9.17, 15) is 9.59 Å². The van der Waals surface area contributed by atoms with Gasteiger partial charge in [-0.2, -0.15) is 0 Å². The zero-order chi connectivity index (χ0) is 22.4. The van der Waals surface area contributed by atoms with E-state index in [-0.39, 0.29) is 30.8 Å². The topological polar surface area (TPSA) is 49.4 Å². The number of amides is 2. The number of aryl methyl sites for hydroxylation is 2. The second-order valence-electron chi connectivity index (χ2n) is 7.94. The molecule has 2 atom stereocenters. The molecule has 0 aliphatic carbocycles. The van der Waals surface area contributed by atoms with Gasteiger partial charge in [0.1, 0.15) is 6.04 Å². The number of nitrogens with one attached hydrogen (secondary N) is 1. The van der Waals surface area contributed by atoms with E-state index in [0.29, 0.717) is 10.0 Å². The Morgan fingerprint density at radius 1 is 0.967 bits per heavy atom. The number of hydrogen-bond acceptors (Lipinski definition) is 2. The average molecular weight is 449 g/mol. The van der Waals surface area contributed by atoms with Gasteiger partial charge >= 0.3 is 0 Å². The predicted octanol–water partition coefficient (Wildman–Crippen LogP) is 5.48. The molecule has 0 aliphatic heterocycles. The summed E-state index contributed by atoms with van der Waals surface area (Å²) in [6.07, 6.45) is 1.05. The van der Waals surface area contributed by atoms with Crippen LogP contribution >= 0.6 is 23.2 Å². The molecule has 30 heavy (non-hydrogen) atoms. The highest BCUT2D eigenvalue weighted by Gasteiger charge is 2.27. The predicted molar refractivity (Wildman–Crippen MR) is 124 cm³/mol. The van der Waals surface area contributed by atoms with E-state index in [1.165, 1.54) is 0 Å². The van der Waals surface area contributed by atoms with Crippen molar-refractivity contribution in [3.05, 3.63) is 68.7 Å². The van der Waals surface area contributed by atoms with Gasteiger partial charge in [-0.25, -0.2) is 0 Å². The van der Waals surface area contributed by atoms with Gasteiger partial charge in [-0.3, -0.25) is 9.59 Å². The molecular formula is C24H30Cl2N2O2. The summed E-state index contributed by atoms with van der Waals surface area (Å²) in [5.74, 6) is -0.281. The summed E-state index contributed by atoms with van der Waals surface area (Å²) < 4.78 is 0. The SMILES string of the molecule is CCC(C)NC(=O)C(C)N(Cc1ccc(Cl)c(Cl)c1)C(=O)Cc1cc(C)cc(C)c1. The molecular weight excluding hydrogens is 419 g/mol. The first kappa shape index (κ1) is 24.2. The fourth-order valence-corrected chi connectivity index (χ4v) is 3.65. The Labute approximate surface area is 189 Å². The monoisotopic (exact) mass is 448 g/mol. The molecule has 162 valence electrons. The fraction of sp³-hybridized carbons (Fsp3) is 0.417. The molecule has 6 heteroatoms. The second-order valence-corrected chi connectivity index (χ2v) is 8.75. The number of nitrogens with zero attached hydrogens (tertiary/aromatic N) is 1. The third-order valence-corrected chi connectivity index (χ3v) is 5.88. The molecule has 0 bridgehead atoms. The molecule has 0 radical (unpaired) electrons. The quantitative estimate of drug-likeness (QED) is 0.580. The maximum absolute atomic E-state index is 13.3. The summed E-state index contributed by atoms with van der Waals surface area (Å²) in [5, 5.41) is 3.85. The van der Waals surface area contributed by atoms with Crippen molar-refractivity contribution in [2.75, 3.05) is 0 Å². The van der Waals surface area contributed by atoms with Crippen molar-refractivity contribution in [3.63, 3.8) is 0 Å². The van der Waals surface area contributed by atoms with Crippen LogP contribution in [0.25, 0.3) is 0 Å². The summed E-state index contributed by atoms with van der Waals surface area (Å²) in [4.78, 5) is 27.7. The van der Waals surface area contributed by atoms with Gasteiger partial charge in [0.15, 0.2) is 0 Å². The van der Waals surface area contributed by atoms with Crippen LogP contribution in [0.4, 0.5) is 0 Å². The Balaban J connectivity index is 2.29. The van der Waals surface area contributed by atoms with Crippen LogP contribution in [0.15, 0.2) is 36.4 Å². The van der Waals surface area contributed by atoms with Crippen molar-refractivity contribution in [1.29, 1.82) is 0 Å².